The number of hydrogen-bond donors (Lipinski definition) is 1. The molecule has 0 saturated carbocycles. The van der Waals surface area contributed by atoms with Crippen LogP contribution in [0.1, 0.15) is 22.8 Å². The number of nitrogens with one attached hydrogen (secondary N) is 1. The van der Waals surface area contributed by atoms with Crippen LogP contribution in [0.4, 0.5) is 4.79 Å². The minimum Gasteiger partial charge on any atom is -0.427 e. The standard InChI is InChI=1S/C26H21N3O5S/c1-17(30)34-22-9-7-19(8-10-22)20-5-2-6-21(15-20)24(31)28-12-13-29-25(32)23(35-26(29)33)14-18-4-3-11-27-16-18/h2-11,14-16H,12-13H2,1H3,(H,28,31)/b23-14+. The molecule has 2 heterocycles. The van der Waals surface area contributed by atoms with E-state index in [-0.39, 0.29) is 24.2 Å². The Balaban J connectivity index is 1.35. The summed E-state index contributed by atoms with van der Waals surface area (Å²) in [6.07, 6.45) is 4.86. The molecule has 0 unspecified atom stereocenters. The lowest BCUT2D eigenvalue weighted by Crippen LogP contribution is -2.37. The van der Waals surface area contributed by atoms with Crippen LogP contribution < -0.4 is 10.1 Å². The zero-order valence-corrected chi connectivity index (χ0v) is 19.6. The van der Waals surface area contributed by atoms with Gasteiger partial charge in [-0.15, -0.1) is 0 Å². The average Bonchev–Trinajstić information content (AvgIpc) is 3.12. The first kappa shape index (κ1) is 23.9. The summed E-state index contributed by atoms with van der Waals surface area (Å²) in [4.78, 5) is 54.1. The predicted octanol–water partition coefficient (Wildman–Crippen LogP) is 4.14. The number of amides is 3. The van der Waals surface area contributed by atoms with E-state index in [2.05, 4.69) is 10.3 Å². The number of imide groups is 1. The molecule has 3 aromatic rings. The van der Waals surface area contributed by atoms with Crippen LogP contribution in [0, 0.1) is 0 Å². The van der Waals surface area contributed by atoms with E-state index in [4.69, 9.17) is 4.74 Å². The van der Waals surface area contributed by atoms with Crippen molar-refractivity contribution in [1.29, 1.82) is 0 Å². The molecular weight excluding hydrogens is 466 g/mol. The largest absolute Gasteiger partial charge is 0.427 e. The number of benzene rings is 2. The maximum absolute atomic E-state index is 12.7. The van der Waals surface area contributed by atoms with Crippen molar-refractivity contribution in [2.45, 2.75) is 6.92 Å². The molecule has 8 nitrogen and oxygen atoms in total. The first-order chi connectivity index (χ1) is 16.9. The molecule has 0 spiro atoms. The summed E-state index contributed by atoms with van der Waals surface area (Å²) >= 11 is 0.866. The Labute approximate surface area is 206 Å². The molecule has 0 aliphatic carbocycles. The number of nitrogens with zero attached hydrogens (tertiary/aromatic N) is 2. The number of hydrogen-bond acceptors (Lipinski definition) is 7. The molecule has 4 rings (SSSR count). The van der Waals surface area contributed by atoms with Gasteiger partial charge in [0.25, 0.3) is 17.1 Å². The Morgan fingerprint density at radius 1 is 1.06 bits per heavy atom. The third-order valence-electron chi connectivity index (χ3n) is 5.05. The first-order valence-corrected chi connectivity index (χ1v) is 11.5. The molecule has 1 saturated heterocycles. The second-order valence-corrected chi connectivity index (χ2v) is 8.57. The highest BCUT2D eigenvalue weighted by molar-refractivity contribution is 8.18. The lowest BCUT2D eigenvalue weighted by molar-refractivity contribution is -0.131. The monoisotopic (exact) mass is 487 g/mol. The fraction of sp³-hybridized carbons (Fsp3) is 0.115. The van der Waals surface area contributed by atoms with Crippen LogP contribution in [0.5, 0.6) is 5.75 Å². The predicted molar refractivity (Wildman–Crippen MR) is 132 cm³/mol. The highest BCUT2D eigenvalue weighted by atomic mass is 32.2. The maximum Gasteiger partial charge on any atom is 0.308 e. The maximum atomic E-state index is 12.7. The van der Waals surface area contributed by atoms with Gasteiger partial charge in [0, 0.05) is 38.0 Å². The molecule has 0 radical (unpaired) electrons. The van der Waals surface area contributed by atoms with Crippen LogP contribution in [-0.2, 0) is 9.59 Å². The SMILES string of the molecule is CC(=O)Oc1ccc(-c2cccc(C(=O)NCCN3C(=O)S/C(=C/c4cccnc4)C3=O)c2)cc1. The number of pyridine rings is 1. The number of thioether (sulfide) groups is 1. The van der Waals surface area contributed by atoms with Gasteiger partial charge >= 0.3 is 5.97 Å². The summed E-state index contributed by atoms with van der Waals surface area (Å²) < 4.78 is 5.04. The van der Waals surface area contributed by atoms with Crippen LogP contribution in [-0.4, -0.2) is 46.0 Å². The third-order valence-corrected chi connectivity index (χ3v) is 5.96. The van der Waals surface area contributed by atoms with Gasteiger partial charge in [0.05, 0.1) is 4.91 Å². The Kier molecular flexibility index (Phi) is 7.37. The van der Waals surface area contributed by atoms with Gasteiger partial charge < -0.3 is 10.1 Å². The average molecular weight is 488 g/mol. The van der Waals surface area contributed by atoms with E-state index < -0.39 is 11.9 Å². The van der Waals surface area contributed by atoms with E-state index in [1.807, 2.05) is 6.07 Å². The molecule has 1 aromatic heterocycles. The van der Waals surface area contributed by atoms with Crippen LogP contribution in [0.25, 0.3) is 17.2 Å². The molecule has 1 aliphatic rings. The molecule has 1 N–H and O–H groups in total. The summed E-state index contributed by atoms with van der Waals surface area (Å²) in [5.74, 6) is -0.663. The molecule has 176 valence electrons. The van der Waals surface area contributed by atoms with Crippen molar-refractivity contribution in [3.63, 3.8) is 0 Å². The van der Waals surface area contributed by atoms with Gasteiger partial charge in [0.1, 0.15) is 5.75 Å². The van der Waals surface area contributed by atoms with Crippen LogP contribution in [0.15, 0.2) is 78.0 Å². The van der Waals surface area contributed by atoms with Gasteiger partial charge in [-0.2, -0.15) is 0 Å². The zero-order chi connectivity index (χ0) is 24.8. The molecule has 1 fully saturated rings. The van der Waals surface area contributed by atoms with E-state index in [0.29, 0.717) is 16.2 Å². The van der Waals surface area contributed by atoms with Crippen molar-refractivity contribution < 1.29 is 23.9 Å². The summed E-state index contributed by atoms with van der Waals surface area (Å²) in [6.45, 7) is 1.53. The third kappa shape index (κ3) is 6.01. The minimum atomic E-state index is -0.395. The molecular formula is C26H21N3O5S. The number of carbonyl (C=O) groups excluding carboxylic acids is 4. The quantitative estimate of drug-likeness (QED) is 0.303. The van der Waals surface area contributed by atoms with Crippen molar-refractivity contribution in [2.24, 2.45) is 0 Å². The smallest absolute Gasteiger partial charge is 0.308 e. The first-order valence-electron chi connectivity index (χ1n) is 10.7. The fourth-order valence-electron chi connectivity index (χ4n) is 3.41. The van der Waals surface area contributed by atoms with Crippen LogP contribution >= 0.6 is 11.8 Å². The second-order valence-electron chi connectivity index (χ2n) is 7.57. The van der Waals surface area contributed by atoms with Gasteiger partial charge in [0.2, 0.25) is 0 Å². The van der Waals surface area contributed by atoms with Crippen molar-refractivity contribution >= 4 is 40.9 Å². The Morgan fingerprint density at radius 2 is 1.86 bits per heavy atom. The van der Waals surface area contributed by atoms with Crippen LogP contribution in [0.3, 0.4) is 0 Å². The summed E-state index contributed by atoms with van der Waals surface area (Å²) in [7, 11) is 0. The normalized spacial score (nSPS) is 14.3. The van der Waals surface area contributed by atoms with E-state index in [0.717, 1.165) is 33.4 Å². The Bertz CT molecular complexity index is 1310. The summed E-state index contributed by atoms with van der Waals surface area (Å²) in [6, 6.07) is 17.6. The number of ether oxygens (including phenoxy) is 1. The minimum absolute atomic E-state index is 0.0675. The molecule has 2 aromatic carbocycles. The fourth-order valence-corrected chi connectivity index (χ4v) is 4.28. The Hall–Kier alpha value is -4.24. The highest BCUT2D eigenvalue weighted by Gasteiger charge is 2.34. The summed E-state index contributed by atoms with van der Waals surface area (Å²) in [5, 5.41) is 2.38. The zero-order valence-electron chi connectivity index (χ0n) is 18.8. The van der Waals surface area contributed by atoms with Crippen molar-refractivity contribution in [3.05, 3.63) is 89.1 Å². The summed E-state index contributed by atoms with van der Waals surface area (Å²) in [5.41, 5.74) is 2.84. The second kappa shape index (κ2) is 10.8. The lowest BCUT2D eigenvalue weighted by atomic mass is 10.0. The molecule has 1 aliphatic heterocycles. The lowest BCUT2D eigenvalue weighted by Gasteiger charge is -2.13. The number of esters is 1. The number of carbonyl (C=O) groups is 4. The van der Waals surface area contributed by atoms with Crippen molar-refractivity contribution in [2.75, 3.05) is 13.1 Å². The van der Waals surface area contributed by atoms with E-state index in [1.165, 1.54) is 6.92 Å². The highest BCUT2D eigenvalue weighted by Crippen LogP contribution is 2.31. The molecule has 3 amide bonds. The molecule has 0 bridgehead atoms. The van der Waals surface area contributed by atoms with E-state index >= 15 is 0 Å². The van der Waals surface area contributed by atoms with Gasteiger partial charge in [0.15, 0.2) is 0 Å². The number of rotatable bonds is 7. The van der Waals surface area contributed by atoms with Gasteiger partial charge in [-0.05, 0) is 64.9 Å². The van der Waals surface area contributed by atoms with Crippen molar-refractivity contribution in [1.82, 2.24) is 15.2 Å². The van der Waals surface area contributed by atoms with Crippen molar-refractivity contribution in [3.8, 4) is 16.9 Å². The number of aromatic nitrogens is 1. The molecule has 35 heavy (non-hydrogen) atoms. The van der Waals surface area contributed by atoms with Gasteiger partial charge in [-0.3, -0.25) is 29.1 Å². The van der Waals surface area contributed by atoms with Crippen LogP contribution in [0.2, 0.25) is 0 Å². The van der Waals surface area contributed by atoms with Gasteiger partial charge in [-0.1, -0.05) is 30.3 Å². The molecule has 0 atom stereocenters. The van der Waals surface area contributed by atoms with E-state index in [1.54, 1.807) is 73.1 Å². The topological polar surface area (TPSA) is 106 Å². The van der Waals surface area contributed by atoms with E-state index in [9.17, 15) is 19.2 Å². The van der Waals surface area contributed by atoms with Gasteiger partial charge in [-0.25, -0.2) is 0 Å². The Morgan fingerprint density at radius 3 is 2.57 bits per heavy atom. The molecule has 9 heteroatoms.